The van der Waals surface area contributed by atoms with Crippen LogP contribution in [-0.4, -0.2) is 13.7 Å². The van der Waals surface area contributed by atoms with E-state index < -0.39 is 21.1 Å². The van der Waals surface area contributed by atoms with Gasteiger partial charge in [0, 0.05) is 4.47 Å². The molecule has 0 aliphatic heterocycles. The molecule has 1 unspecified atom stereocenters. The predicted octanol–water partition coefficient (Wildman–Crippen LogP) is 2.24. The molecule has 1 aromatic carbocycles. The summed E-state index contributed by atoms with van der Waals surface area (Å²) in [6.07, 6.45) is 0. The topological polar surface area (TPSA) is 70.0 Å². The smallest absolute Gasteiger partial charge is 0.248 e. The third-order valence-corrected chi connectivity index (χ3v) is 4.06. The van der Waals surface area contributed by atoms with Crippen LogP contribution in [0.5, 0.6) is 0 Å². The zero-order valence-electron chi connectivity index (χ0n) is 8.24. The Hall–Kier alpha value is -1.13. The Morgan fingerprint density at radius 2 is 2.19 bits per heavy atom. The minimum Gasteiger partial charge on any atom is -0.281 e. The van der Waals surface area contributed by atoms with Crippen LogP contribution in [0, 0.1) is 17.1 Å². The van der Waals surface area contributed by atoms with Crippen LogP contribution in [0.25, 0.3) is 0 Å². The van der Waals surface area contributed by atoms with E-state index in [1.807, 2.05) is 0 Å². The maximum Gasteiger partial charge on any atom is 0.248 e. The monoisotopic (exact) mass is 306 g/mol. The highest BCUT2D eigenvalue weighted by molar-refractivity contribution is 9.10. The van der Waals surface area contributed by atoms with Gasteiger partial charge in [0.1, 0.15) is 5.82 Å². The molecule has 4 nitrogen and oxygen atoms in total. The van der Waals surface area contributed by atoms with E-state index in [-0.39, 0.29) is 5.69 Å². The van der Waals surface area contributed by atoms with Crippen molar-refractivity contribution in [2.75, 3.05) is 4.72 Å². The standard InChI is InChI=1S/C9H8BrFN2O2S/c1-6(5-12)16(14,15)13-9-4-7(11)2-3-8(9)10/h2-4,6,13H,1H3. The number of sulfonamides is 1. The average Bonchev–Trinajstić information content (AvgIpc) is 2.22. The first kappa shape index (κ1) is 12.9. The Balaban J connectivity index is 3.07. The molecule has 7 heteroatoms. The van der Waals surface area contributed by atoms with E-state index in [1.165, 1.54) is 19.1 Å². The molecule has 0 radical (unpaired) electrons. The number of hydrogen-bond acceptors (Lipinski definition) is 3. The van der Waals surface area contributed by atoms with Gasteiger partial charge in [0.2, 0.25) is 10.0 Å². The summed E-state index contributed by atoms with van der Waals surface area (Å²) in [6, 6.07) is 5.20. The van der Waals surface area contributed by atoms with Crippen molar-refractivity contribution < 1.29 is 12.8 Å². The first-order valence-electron chi connectivity index (χ1n) is 4.23. The third-order valence-electron chi connectivity index (χ3n) is 1.83. The molecule has 0 aliphatic carbocycles. The molecule has 0 bridgehead atoms. The molecular formula is C9H8BrFN2O2S. The molecule has 0 heterocycles. The van der Waals surface area contributed by atoms with Crippen molar-refractivity contribution in [1.82, 2.24) is 0 Å². The number of rotatable bonds is 3. The predicted molar refractivity (Wildman–Crippen MR) is 61.7 cm³/mol. The summed E-state index contributed by atoms with van der Waals surface area (Å²) in [4.78, 5) is 0. The van der Waals surface area contributed by atoms with E-state index in [0.717, 1.165) is 6.07 Å². The molecule has 0 amide bonds. The van der Waals surface area contributed by atoms with Gasteiger partial charge in [-0.05, 0) is 41.1 Å². The molecule has 1 N–H and O–H groups in total. The largest absolute Gasteiger partial charge is 0.281 e. The van der Waals surface area contributed by atoms with E-state index in [0.29, 0.717) is 4.47 Å². The summed E-state index contributed by atoms with van der Waals surface area (Å²) < 4.78 is 38.5. The lowest BCUT2D eigenvalue weighted by Gasteiger charge is -2.10. The Morgan fingerprint density at radius 1 is 1.56 bits per heavy atom. The number of benzene rings is 1. The fourth-order valence-corrected chi connectivity index (χ4v) is 2.15. The summed E-state index contributed by atoms with van der Waals surface area (Å²) in [5.41, 5.74) is 0.0714. The van der Waals surface area contributed by atoms with Gasteiger partial charge >= 0.3 is 0 Å². The lowest BCUT2D eigenvalue weighted by atomic mass is 10.3. The third kappa shape index (κ3) is 2.93. The molecule has 0 saturated carbocycles. The van der Waals surface area contributed by atoms with Crippen LogP contribution in [0.3, 0.4) is 0 Å². The maximum absolute atomic E-state index is 12.9. The lowest BCUT2D eigenvalue weighted by molar-refractivity contribution is 0.597. The molecule has 86 valence electrons. The van der Waals surface area contributed by atoms with Crippen LogP contribution in [0.15, 0.2) is 22.7 Å². The Kier molecular flexibility index (Phi) is 3.88. The quantitative estimate of drug-likeness (QED) is 0.931. The molecule has 0 aliphatic rings. The van der Waals surface area contributed by atoms with E-state index in [1.54, 1.807) is 6.07 Å². The van der Waals surface area contributed by atoms with Crippen molar-refractivity contribution in [2.45, 2.75) is 12.2 Å². The molecular weight excluding hydrogens is 299 g/mol. The molecule has 0 fully saturated rings. The second kappa shape index (κ2) is 4.80. The van der Waals surface area contributed by atoms with Crippen molar-refractivity contribution in [3.8, 4) is 6.07 Å². The Labute approximate surface area is 101 Å². The van der Waals surface area contributed by atoms with Gasteiger partial charge in [0.25, 0.3) is 0 Å². The minimum atomic E-state index is -3.81. The van der Waals surface area contributed by atoms with Crippen LogP contribution >= 0.6 is 15.9 Å². The lowest BCUT2D eigenvalue weighted by Crippen LogP contribution is -2.24. The van der Waals surface area contributed by atoms with E-state index in [9.17, 15) is 12.8 Å². The van der Waals surface area contributed by atoms with E-state index in [2.05, 4.69) is 20.7 Å². The molecule has 1 aromatic rings. The molecule has 1 atom stereocenters. The van der Waals surface area contributed by atoms with Crippen molar-refractivity contribution in [2.24, 2.45) is 0 Å². The number of hydrogen-bond donors (Lipinski definition) is 1. The van der Waals surface area contributed by atoms with Crippen molar-refractivity contribution >= 4 is 31.6 Å². The fourth-order valence-electron chi connectivity index (χ4n) is 0.887. The summed E-state index contributed by atoms with van der Waals surface area (Å²) in [6.45, 7) is 1.25. The normalized spacial score (nSPS) is 12.9. The molecule has 1 rings (SSSR count). The van der Waals surface area contributed by atoms with Gasteiger partial charge in [0.15, 0.2) is 5.25 Å². The van der Waals surface area contributed by atoms with Crippen LogP contribution in [0.2, 0.25) is 0 Å². The second-order valence-corrected chi connectivity index (χ2v) is 5.90. The minimum absolute atomic E-state index is 0.0714. The number of anilines is 1. The SMILES string of the molecule is CC(C#N)S(=O)(=O)Nc1cc(F)ccc1Br. The van der Waals surface area contributed by atoms with Crippen LogP contribution in [-0.2, 0) is 10.0 Å². The Morgan fingerprint density at radius 3 is 2.75 bits per heavy atom. The zero-order chi connectivity index (χ0) is 12.3. The van der Waals surface area contributed by atoms with Gasteiger partial charge in [-0.2, -0.15) is 5.26 Å². The highest BCUT2D eigenvalue weighted by Gasteiger charge is 2.21. The molecule has 0 saturated heterocycles. The molecule has 0 spiro atoms. The van der Waals surface area contributed by atoms with Crippen LogP contribution < -0.4 is 4.72 Å². The van der Waals surface area contributed by atoms with Crippen molar-refractivity contribution in [1.29, 1.82) is 5.26 Å². The van der Waals surface area contributed by atoms with Crippen LogP contribution in [0.4, 0.5) is 10.1 Å². The first-order chi connectivity index (χ1) is 7.36. The number of halogens is 2. The zero-order valence-corrected chi connectivity index (χ0v) is 10.6. The second-order valence-electron chi connectivity index (χ2n) is 3.04. The highest BCUT2D eigenvalue weighted by atomic mass is 79.9. The first-order valence-corrected chi connectivity index (χ1v) is 6.57. The van der Waals surface area contributed by atoms with E-state index in [4.69, 9.17) is 5.26 Å². The summed E-state index contributed by atoms with van der Waals surface area (Å²) in [5, 5.41) is 7.31. The summed E-state index contributed by atoms with van der Waals surface area (Å²) >= 11 is 3.08. The Bertz CT molecular complexity index is 539. The van der Waals surface area contributed by atoms with Gasteiger partial charge < -0.3 is 0 Å². The van der Waals surface area contributed by atoms with Gasteiger partial charge in [-0.1, -0.05) is 0 Å². The van der Waals surface area contributed by atoms with Gasteiger partial charge in [-0.15, -0.1) is 0 Å². The number of nitriles is 1. The summed E-state index contributed by atoms with van der Waals surface area (Å²) in [5.74, 6) is -0.564. The van der Waals surface area contributed by atoms with Crippen molar-refractivity contribution in [3.63, 3.8) is 0 Å². The number of nitrogens with one attached hydrogen (secondary N) is 1. The maximum atomic E-state index is 12.9. The summed E-state index contributed by atoms with van der Waals surface area (Å²) in [7, 11) is -3.81. The number of nitrogens with zero attached hydrogens (tertiary/aromatic N) is 1. The molecule has 16 heavy (non-hydrogen) atoms. The fraction of sp³-hybridized carbons (Fsp3) is 0.222. The van der Waals surface area contributed by atoms with Gasteiger partial charge in [-0.3, -0.25) is 4.72 Å². The average molecular weight is 307 g/mol. The van der Waals surface area contributed by atoms with Gasteiger partial charge in [-0.25, -0.2) is 12.8 Å². The van der Waals surface area contributed by atoms with Gasteiger partial charge in [0.05, 0.1) is 11.8 Å². The van der Waals surface area contributed by atoms with Crippen LogP contribution in [0.1, 0.15) is 6.92 Å². The van der Waals surface area contributed by atoms with E-state index >= 15 is 0 Å². The van der Waals surface area contributed by atoms with Crippen molar-refractivity contribution in [3.05, 3.63) is 28.5 Å². The molecule has 0 aromatic heterocycles. The highest BCUT2D eigenvalue weighted by Crippen LogP contribution is 2.24.